The number of thioether (sulfide) groups is 1. The van der Waals surface area contributed by atoms with Gasteiger partial charge in [0.05, 0.1) is 17.3 Å². The summed E-state index contributed by atoms with van der Waals surface area (Å²) >= 11 is 1.79. The maximum absolute atomic E-state index is 9.45. The number of hydrogen-bond donors (Lipinski definition) is 0. The van der Waals surface area contributed by atoms with Gasteiger partial charge in [0, 0.05) is 18.9 Å². The topological polar surface area (TPSA) is 41.6 Å². The van der Waals surface area contributed by atoms with Crippen molar-refractivity contribution >= 4 is 22.7 Å². The summed E-state index contributed by atoms with van der Waals surface area (Å²) < 4.78 is 1.66. The van der Waals surface area contributed by atoms with Crippen molar-refractivity contribution in [2.75, 3.05) is 5.75 Å². The first-order valence-corrected chi connectivity index (χ1v) is 7.18. The highest BCUT2D eigenvalue weighted by Crippen LogP contribution is 2.40. The summed E-state index contributed by atoms with van der Waals surface area (Å²) in [5, 5.41) is 15.2. The van der Waals surface area contributed by atoms with Gasteiger partial charge in [-0.15, -0.1) is 11.8 Å². The van der Waals surface area contributed by atoms with E-state index in [4.69, 9.17) is 0 Å². The Kier molecular flexibility index (Phi) is 2.79. The number of aryl methyl sites for hydroxylation is 1. The predicted octanol–water partition coefficient (Wildman–Crippen LogP) is 2.91. The van der Waals surface area contributed by atoms with E-state index in [-0.39, 0.29) is 4.75 Å². The van der Waals surface area contributed by atoms with E-state index in [1.807, 2.05) is 23.9 Å². The van der Waals surface area contributed by atoms with Crippen LogP contribution in [-0.2, 0) is 13.5 Å². The van der Waals surface area contributed by atoms with Crippen LogP contribution in [0.3, 0.4) is 0 Å². The molecule has 0 amide bonds. The molecule has 1 unspecified atom stereocenters. The number of para-hydroxylation sites is 1. The Morgan fingerprint density at radius 3 is 3.06 bits per heavy atom. The van der Waals surface area contributed by atoms with Gasteiger partial charge < -0.3 is 0 Å². The number of aromatic nitrogens is 2. The van der Waals surface area contributed by atoms with Crippen LogP contribution in [-0.4, -0.2) is 20.3 Å². The lowest BCUT2D eigenvalue weighted by Gasteiger charge is -2.17. The second-order valence-corrected chi connectivity index (χ2v) is 6.30. The summed E-state index contributed by atoms with van der Waals surface area (Å²) in [7, 11) is 1.96. The molecule has 4 heteroatoms. The Balaban J connectivity index is 2.03. The van der Waals surface area contributed by atoms with Crippen molar-refractivity contribution in [1.82, 2.24) is 9.78 Å². The zero-order valence-corrected chi connectivity index (χ0v) is 11.2. The minimum absolute atomic E-state index is 0.253. The first kappa shape index (κ1) is 11.6. The first-order chi connectivity index (χ1) is 8.74. The molecule has 2 aromatic rings. The maximum atomic E-state index is 9.45. The number of nitrogens with zero attached hydrogens (tertiary/aromatic N) is 3. The highest BCUT2D eigenvalue weighted by molar-refractivity contribution is 8.01. The van der Waals surface area contributed by atoms with Crippen LogP contribution in [0.25, 0.3) is 10.9 Å². The summed E-state index contributed by atoms with van der Waals surface area (Å²) in [6.45, 7) is 0. The molecule has 2 heterocycles. The van der Waals surface area contributed by atoms with Gasteiger partial charge in [0.1, 0.15) is 4.75 Å². The normalized spacial score (nSPS) is 23.3. The van der Waals surface area contributed by atoms with Gasteiger partial charge in [-0.05, 0) is 24.7 Å². The van der Waals surface area contributed by atoms with Gasteiger partial charge in [-0.2, -0.15) is 10.4 Å². The molecule has 92 valence electrons. The lowest BCUT2D eigenvalue weighted by molar-refractivity contribution is 0.650. The summed E-state index contributed by atoms with van der Waals surface area (Å²) in [6, 6.07) is 10.8. The lowest BCUT2D eigenvalue weighted by Crippen LogP contribution is -2.22. The van der Waals surface area contributed by atoms with Gasteiger partial charge >= 0.3 is 0 Å². The number of hydrogen-bond acceptors (Lipinski definition) is 3. The molecule has 1 atom stereocenters. The van der Waals surface area contributed by atoms with Gasteiger partial charge in [-0.3, -0.25) is 4.68 Å². The molecule has 1 fully saturated rings. The minimum Gasteiger partial charge on any atom is -0.268 e. The summed E-state index contributed by atoms with van der Waals surface area (Å²) in [6.07, 6.45) is 2.89. The average Bonchev–Trinajstić information content (AvgIpc) is 2.98. The zero-order chi connectivity index (χ0) is 12.6. The van der Waals surface area contributed by atoms with E-state index in [0.717, 1.165) is 36.2 Å². The van der Waals surface area contributed by atoms with Crippen LogP contribution in [0.1, 0.15) is 18.5 Å². The van der Waals surface area contributed by atoms with Crippen molar-refractivity contribution in [3.05, 3.63) is 30.0 Å². The van der Waals surface area contributed by atoms with E-state index in [1.54, 1.807) is 11.8 Å². The molecular formula is C14H15N3S. The summed E-state index contributed by atoms with van der Waals surface area (Å²) in [5.74, 6) is 1.10. The molecule has 0 N–H and O–H groups in total. The van der Waals surface area contributed by atoms with E-state index >= 15 is 0 Å². The molecule has 1 aliphatic heterocycles. The molecule has 18 heavy (non-hydrogen) atoms. The molecule has 0 spiro atoms. The molecule has 0 saturated carbocycles. The molecule has 1 aromatic carbocycles. The standard InChI is InChI=1S/C14H15N3S/c1-17-13-6-3-2-5-11(13)12(16-17)9-14(10-15)7-4-8-18-14/h2-3,5-6H,4,7-9H2,1H3. The molecule has 3 rings (SSSR count). The average molecular weight is 257 g/mol. The summed E-state index contributed by atoms with van der Waals surface area (Å²) in [4.78, 5) is 0. The highest BCUT2D eigenvalue weighted by atomic mass is 32.2. The van der Waals surface area contributed by atoms with Crippen molar-refractivity contribution in [3.8, 4) is 6.07 Å². The van der Waals surface area contributed by atoms with E-state index in [1.165, 1.54) is 5.39 Å². The molecular weight excluding hydrogens is 242 g/mol. The predicted molar refractivity (Wildman–Crippen MR) is 74.5 cm³/mol. The van der Waals surface area contributed by atoms with Crippen LogP contribution in [0.2, 0.25) is 0 Å². The highest BCUT2D eigenvalue weighted by Gasteiger charge is 2.36. The summed E-state index contributed by atoms with van der Waals surface area (Å²) in [5.41, 5.74) is 2.20. The van der Waals surface area contributed by atoms with Crippen LogP contribution in [0.4, 0.5) is 0 Å². The monoisotopic (exact) mass is 257 g/mol. The van der Waals surface area contributed by atoms with E-state index in [9.17, 15) is 5.26 Å². The van der Waals surface area contributed by atoms with Crippen LogP contribution < -0.4 is 0 Å². The number of nitriles is 1. The smallest absolute Gasteiger partial charge is 0.108 e. The fourth-order valence-electron chi connectivity index (χ4n) is 2.65. The fraction of sp³-hybridized carbons (Fsp3) is 0.429. The third-order valence-corrected chi connectivity index (χ3v) is 5.08. The number of benzene rings is 1. The number of fused-ring (bicyclic) bond motifs is 1. The molecule has 1 aliphatic rings. The third kappa shape index (κ3) is 1.79. The van der Waals surface area contributed by atoms with Gasteiger partial charge in [0.2, 0.25) is 0 Å². The van der Waals surface area contributed by atoms with Crippen LogP contribution >= 0.6 is 11.8 Å². The van der Waals surface area contributed by atoms with Crippen molar-refractivity contribution < 1.29 is 0 Å². The Morgan fingerprint density at radius 1 is 1.50 bits per heavy atom. The van der Waals surface area contributed by atoms with Crippen molar-refractivity contribution in [2.24, 2.45) is 7.05 Å². The second kappa shape index (κ2) is 4.33. The molecule has 1 aromatic heterocycles. The Hall–Kier alpha value is -1.47. The molecule has 0 radical (unpaired) electrons. The van der Waals surface area contributed by atoms with E-state index in [0.29, 0.717) is 0 Å². The van der Waals surface area contributed by atoms with Gasteiger partial charge in [-0.1, -0.05) is 18.2 Å². The molecule has 0 aliphatic carbocycles. The van der Waals surface area contributed by atoms with Crippen LogP contribution in [0.5, 0.6) is 0 Å². The van der Waals surface area contributed by atoms with Crippen molar-refractivity contribution in [1.29, 1.82) is 5.26 Å². The van der Waals surface area contributed by atoms with Crippen LogP contribution in [0.15, 0.2) is 24.3 Å². The first-order valence-electron chi connectivity index (χ1n) is 6.20. The van der Waals surface area contributed by atoms with Gasteiger partial charge in [-0.25, -0.2) is 0 Å². The van der Waals surface area contributed by atoms with Crippen molar-refractivity contribution in [2.45, 2.75) is 24.0 Å². The second-order valence-electron chi connectivity index (χ2n) is 4.82. The van der Waals surface area contributed by atoms with Gasteiger partial charge in [0.25, 0.3) is 0 Å². The quantitative estimate of drug-likeness (QED) is 0.830. The Bertz CT molecular complexity index is 617. The SMILES string of the molecule is Cn1nc(CC2(C#N)CCCS2)c2ccccc21. The fourth-order valence-corrected chi connectivity index (χ4v) is 3.93. The van der Waals surface area contributed by atoms with Crippen LogP contribution in [0, 0.1) is 11.3 Å². The molecule has 3 nitrogen and oxygen atoms in total. The van der Waals surface area contributed by atoms with Crippen molar-refractivity contribution in [3.63, 3.8) is 0 Å². The molecule has 1 saturated heterocycles. The number of rotatable bonds is 2. The van der Waals surface area contributed by atoms with E-state index in [2.05, 4.69) is 23.3 Å². The third-order valence-electron chi connectivity index (χ3n) is 3.59. The minimum atomic E-state index is -0.253. The zero-order valence-electron chi connectivity index (χ0n) is 10.4. The van der Waals surface area contributed by atoms with E-state index < -0.39 is 0 Å². The van der Waals surface area contributed by atoms with Gasteiger partial charge in [0.15, 0.2) is 0 Å². The Labute approximate surface area is 111 Å². The largest absolute Gasteiger partial charge is 0.268 e. The lowest BCUT2D eigenvalue weighted by atomic mass is 9.97. The Morgan fingerprint density at radius 2 is 2.33 bits per heavy atom. The molecule has 0 bridgehead atoms. The maximum Gasteiger partial charge on any atom is 0.108 e.